The van der Waals surface area contributed by atoms with E-state index in [0.717, 1.165) is 6.07 Å². The second-order valence-corrected chi connectivity index (χ2v) is 7.30. The number of oxime groups is 1. The van der Waals surface area contributed by atoms with Crippen LogP contribution in [0.4, 0.5) is 4.39 Å². The summed E-state index contributed by atoms with van der Waals surface area (Å²) in [4.78, 5) is 21.5. The van der Waals surface area contributed by atoms with Crippen LogP contribution < -0.4 is 0 Å². The molecule has 2 aromatic rings. The Hall–Kier alpha value is -1.89. The van der Waals surface area contributed by atoms with E-state index >= 15 is 0 Å². The lowest BCUT2D eigenvalue weighted by molar-refractivity contribution is -0.166. The molecule has 1 aliphatic heterocycles. The molecule has 1 atom stereocenters. The van der Waals surface area contributed by atoms with Gasteiger partial charge in [0.2, 0.25) is 5.60 Å². The van der Waals surface area contributed by atoms with E-state index in [4.69, 9.17) is 44.4 Å². The smallest absolute Gasteiger partial charge is 0.353 e. The summed E-state index contributed by atoms with van der Waals surface area (Å²) in [6.45, 7) is 3.48. The van der Waals surface area contributed by atoms with Gasteiger partial charge in [0.1, 0.15) is 5.82 Å². The molecule has 0 saturated carbocycles. The standard InChI is InChI=1S/C18H14Cl3FN2O3/c1-3-26-17(25)18(2)7-15(24-27-18)10-5-11(14(22)6-12(10)20)16-13(21)4-9(19)8-23-16/h4-6,8H,3,7H2,1-2H3. The van der Waals surface area contributed by atoms with Crippen molar-refractivity contribution in [3.8, 4) is 11.3 Å². The number of aromatic nitrogens is 1. The Kier molecular flexibility index (Phi) is 5.60. The van der Waals surface area contributed by atoms with E-state index in [2.05, 4.69) is 10.1 Å². The number of pyridine rings is 1. The molecule has 1 aromatic heterocycles. The maximum atomic E-state index is 14.5. The molecule has 1 aliphatic rings. The first-order valence-electron chi connectivity index (χ1n) is 7.98. The van der Waals surface area contributed by atoms with Crippen molar-refractivity contribution in [1.29, 1.82) is 0 Å². The maximum absolute atomic E-state index is 14.5. The third-order valence-corrected chi connectivity index (χ3v) is 4.81. The zero-order valence-corrected chi connectivity index (χ0v) is 16.6. The predicted octanol–water partition coefficient (Wildman–Crippen LogP) is 5.29. The fourth-order valence-electron chi connectivity index (χ4n) is 2.64. The van der Waals surface area contributed by atoms with E-state index in [9.17, 15) is 9.18 Å². The summed E-state index contributed by atoms with van der Waals surface area (Å²) in [5, 5.41) is 4.60. The fraction of sp³-hybridized carbons (Fsp3) is 0.278. The van der Waals surface area contributed by atoms with Crippen molar-refractivity contribution < 1.29 is 18.8 Å². The van der Waals surface area contributed by atoms with Crippen LogP contribution in [0.25, 0.3) is 11.3 Å². The summed E-state index contributed by atoms with van der Waals surface area (Å²) in [6, 6.07) is 4.08. The van der Waals surface area contributed by atoms with Gasteiger partial charge >= 0.3 is 5.97 Å². The van der Waals surface area contributed by atoms with Gasteiger partial charge in [-0.2, -0.15) is 0 Å². The van der Waals surface area contributed by atoms with Crippen molar-refractivity contribution in [3.05, 3.63) is 50.8 Å². The first-order valence-corrected chi connectivity index (χ1v) is 9.11. The molecule has 0 bridgehead atoms. The molecule has 0 amide bonds. The third kappa shape index (κ3) is 3.88. The SMILES string of the molecule is CCOC(=O)C1(C)CC(c2cc(-c3ncc(Cl)cc3Cl)c(F)cc2Cl)=NO1. The lowest BCUT2D eigenvalue weighted by atomic mass is 9.94. The molecule has 142 valence electrons. The number of nitrogens with zero attached hydrogens (tertiary/aromatic N) is 2. The predicted molar refractivity (Wildman–Crippen MR) is 102 cm³/mol. The van der Waals surface area contributed by atoms with Crippen molar-refractivity contribution in [2.75, 3.05) is 6.61 Å². The zero-order valence-electron chi connectivity index (χ0n) is 14.4. The van der Waals surface area contributed by atoms with E-state index in [1.807, 2.05) is 0 Å². The monoisotopic (exact) mass is 430 g/mol. The summed E-state index contributed by atoms with van der Waals surface area (Å²) in [7, 11) is 0. The highest BCUT2D eigenvalue weighted by Crippen LogP contribution is 2.36. The van der Waals surface area contributed by atoms with E-state index in [1.54, 1.807) is 13.8 Å². The molecule has 5 nitrogen and oxygen atoms in total. The maximum Gasteiger partial charge on any atom is 0.353 e. The number of benzene rings is 1. The Morgan fingerprint density at radius 3 is 2.67 bits per heavy atom. The van der Waals surface area contributed by atoms with E-state index in [-0.39, 0.29) is 34.3 Å². The number of carbonyl (C=O) groups is 1. The highest BCUT2D eigenvalue weighted by molar-refractivity contribution is 6.36. The topological polar surface area (TPSA) is 60.8 Å². The van der Waals surface area contributed by atoms with Gasteiger partial charge in [-0.1, -0.05) is 40.0 Å². The molecular weight excluding hydrogens is 418 g/mol. The molecule has 1 unspecified atom stereocenters. The molecule has 2 heterocycles. The van der Waals surface area contributed by atoms with Crippen LogP contribution in [0.1, 0.15) is 25.8 Å². The number of ether oxygens (including phenoxy) is 1. The molecule has 9 heteroatoms. The van der Waals surface area contributed by atoms with Crippen molar-refractivity contribution in [1.82, 2.24) is 4.98 Å². The second-order valence-electron chi connectivity index (χ2n) is 6.05. The van der Waals surface area contributed by atoms with Crippen molar-refractivity contribution in [3.63, 3.8) is 0 Å². The van der Waals surface area contributed by atoms with Gasteiger partial charge in [0, 0.05) is 23.7 Å². The van der Waals surface area contributed by atoms with Crippen LogP contribution in [0.15, 0.2) is 29.6 Å². The van der Waals surface area contributed by atoms with Gasteiger partial charge in [0.25, 0.3) is 0 Å². The van der Waals surface area contributed by atoms with Crippen LogP contribution in [-0.4, -0.2) is 28.9 Å². The minimum absolute atomic E-state index is 0.122. The summed E-state index contributed by atoms with van der Waals surface area (Å²) < 4.78 is 19.5. The number of halogens is 4. The van der Waals surface area contributed by atoms with Crippen LogP contribution in [0.5, 0.6) is 0 Å². The lowest BCUT2D eigenvalue weighted by Gasteiger charge is -2.18. The molecular formula is C18H14Cl3FN2O3. The number of hydrogen-bond donors (Lipinski definition) is 0. The molecule has 0 spiro atoms. The minimum Gasteiger partial charge on any atom is -0.463 e. The molecule has 27 heavy (non-hydrogen) atoms. The Bertz CT molecular complexity index is 952. The van der Waals surface area contributed by atoms with Crippen LogP contribution >= 0.6 is 34.8 Å². The normalized spacial score (nSPS) is 18.8. The first kappa shape index (κ1) is 19.9. The Morgan fingerprint density at radius 1 is 1.26 bits per heavy atom. The van der Waals surface area contributed by atoms with Crippen molar-refractivity contribution >= 4 is 46.5 Å². The van der Waals surface area contributed by atoms with Gasteiger partial charge in [-0.3, -0.25) is 4.98 Å². The second kappa shape index (κ2) is 7.62. The molecule has 0 aliphatic carbocycles. The van der Waals surface area contributed by atoms with Crippen LogP contribution in [0.3, 0.4) is 0 Å². The summed E-state index contributed by atoms with van der Waals surface area (Å²) >= 11 is 18.2. The van der Waals surface area contributed by atoms with Gasteiger partial charge in [-0.05, 0) is 32.0 Å². The van der Waals surface area contributed by atoms with Crippen LogP contribution in [0.2, 0.25) is 15.1 Å². The molecule has 1 aromatic carbocycles. The number of hydrogen-bond acceptors (Lipinski definition) is 5. The highest BCUT2D eigenvalue weighted by Gasteiger charge is 2.44. The van der Waals surface area contributed by atoms with Crippen molar-refractivity contribution in [2.24, 2.45) is 5.16 Å². The average molecular weight is 432 g/mol. The quantitative estimate of drug-likeness (QED) is 0.617. The first-order chi connectivity index (χ1) is 12.7. The molecule has 0 N–H and O–H groups in total. The molecule has 0 fully saturated rings. The van der Waals surface area contributed by atoms with E-state index < -0.39 is 17.4 Å². The number of rotatable bonds is 4. The molecule has 0 radical (unpaired) electrons. The van der Waals surface area contributed by atoms with Crippen LogP contribution in [0, 0.1) is 5.82 Å². The van der Waals surface area contributed by atoms with Gasteiger partial charge < -0.3 is 9.57 Å². The Labute approximate surface area is 170 Å². The Balaban J connectivity index is 1.99. The lowest BCUT2D eigenvalue weighted by Crippen LogP contribution is -2.37. The minimum atomic E-state index is -1.26. The summed E-state index contributed by atoms with van der Waals surface area (Å²) in [6.07, 6.45) is 1.49. The highest BCUT2D eigenvalue weighted by atomic mass is 35.5. The van der Waals surface area contributed by atoms with E-state index in [0.29, 0.717) is 16.3 Å². The average Bonchev–Trinajstić information content (AvgIpc) is 2.99. The summed E-state index contributed by atoms with van der Waals surface area (Å²) in [5.74, 6) is -1.14. The largest absolute Gasteiger partial charge is 0.463 e. The van der Waals surface area contributed by atoms with E-state index in [1.165, 1.54) is 18.3 Å². The molecule has 0 saturated heterocycles. The number of esters is 1. The van der Waals surface area contributed by atoms with Gasteiger partial charge in [-0.25, -0.2) is 9.18 Å². The molecule has 3 rings (SSSR count). The van der Waals surface area contributed by atoms with Crippen LogP contribution in [-0.2, 0) is 14.4 Å². The van der Waals surface area contributed by atoms with Crippen molar-refractivity contribution in [2.45, 2.75) is 25.9 Å². The van der Waals surface area contributed by atoms with Gasteiger partial charge in [0.15, 0.2) is 0 Å². The Morgan fingerprint density at radius 2 is 2.00 bits per heavy atom. The number of carbonyl (C=O) groups excluding carboxylic acids is 1. The van der Waals surface area contributed by atoms with Gasteiger partial charge in [0.05, 0.1) is 33.1 Å². The fourth-order valence-corrected chi connectivity index (χ4v) is 3.38. The third-order valence-electron chi connectivity index (χ3n) is 4.00. The van der Waals surface area contributed by atoms with Gasteiger partial charge in [-0.15, -0.1) is 0 Å². The summed E-state index contributed by atoms with van der Waals surface area (Å²) in [5.41, 5.74) is -0.122. The zero-order chi connectivity index (χ0) is 19.8.